The van der Waals surface area contributed by atoms with Crippen molar-refractivity contribution in [2.75, 3.05) is 23.0 Å². The first-order valence-electron chi connectivity index (χ1n) is 11.4. The van der Waals surface area contributed by atoms with E-state index in [1.165, 1.54) is 14.0 Å². The summed E-state index contributed by atoms with van der Waals surface area (Å²) >= 11 is 11.4. The molecular weight excluding hydrogens is 1230 g/mol. The first-order chi connectivity index (χ1) is 19.5. The van der Waals surface area contributed by atoms with E-state index >= 15 is 0 Å². The normalized spacial score (nSPS) is 10.1. The molecule has 18 heteroatoms. The van der Waals surface area contributed by atoms with Gasteiger partial charge in [0, 0.05) is 30.4 Å². The van der Waals surface area contributed by atoms with Crippen molar-refractivity contribution < 1.29 is 39.0 Å². The second-order valence-corrected chi connectivity index (χ2v) is 14.3. The maximum atomic E-state index is 12.0. The molecule has 228 valence electrons. The fourth-order valence-corrected chi connectivity index (χ4v) is 11.5. The number of anilines is 3. The van der Waals surface area contributed by atoms with Crippen LogP contribution in [0.4, 0.5) is 17.1 Å². The summed E-state index contributed by atoms with van der Waals surface area (Å²) in [5.74, 6) is -3.43. The highest BCUT2D eigenvalue weighted by Gasteiger charge is 2.28. The van der Waals surface area contributed by atoms with E-state index in [2.05, 4.69) is 21.3 Å². The molecule has 0 aliphatic rings. The first kappa shape index (κ1) is 39.7. The van der Waals surface area contributed by atoms with E-state index in [0.717, 1.165) is 0 Å². The third-order valence-corrected chi connectivity index (χ3v) is 11.5. The van der Waals surface area contributed by atoms with Crippen molar-refractivity contribution in [1.29, 1.82) is 0 Å². The van der Waals surface area contributed by atoms with Crippen molar-refractivity contribution in [2.24, 2.45) is 0 Å². The summed E-state index contributed by atoms with van der Waals surface area (Å²) in [5, 5.41) is 29.2. The van der Waals surface area contributed by atoms with Crippen molar-refractivity contribution in [1.82, 2.24) is 5.32 Å². The molecule has 0 aliphatic heterocycles. The van der Waals surface area contributed by atoms with E-state index in [1.54, 1.807) is 13.8 Å². The Hall–Kier alpha value is -0.360. The van der Waals surface area contributed by atoms with Crippen LogP contribution in [-0.4, -0.2) is 52.8 Å². The SMILES string of the molecule is CCC(=O)Nc1c(I)c(NC(=O)CC)c(I)c(C(=O)O)c1I.CNC(=O)c1c(I)c(NC(C)=O)c(I)c(C(=O)O)c1I. The molecule has 2 aromatic carbocycles. The van der Waals surface area contributed by atoms with Crippen LogP contribution in [0, 0.1) is 21.4 Å². The molecule has 0 atom stereocenters. The molecule has 12 nitrogen and oxygen atoms in total. The quantitative estimate of drug-likeness (QED) is 0.164. The van der Waals surface area contributed by atoms with Crippen LogP contribution in [0.25, 0.3) is 0 Å². The Morgan fingerprint density at radius 3 is 1.21 bits per heavy atom. The topological polar surface area (TPSA) is 191 Å². The highest BCUT2D eigenvalue weighted by molar-refractivity contribution is 14.1. The number of carbonyl (C=O) groups is 6. The lowest BCUT2D eigenvalue weighted by atomic mass is 10.1. The minimum Gasteiger partial charge on any atom is -0.478 e. The zero-order chi connectivity index (χ0) is 32.6. The number of halogens is 6. The van der Waals surface area contributed by atoms with Crippen LogP contribution < -0.4 is 21.3 Å². The van der Waals surface area contributed by atoms with Crippen molar-refractivity contribution in [3.8, 4) is 0 Å². The van der Waals surface area contributed by atoms with Crippen LogP contribution in [0.1, 0.15) is 64.7 Å². The summed E-state index contributed by atoms with van der Waals surface area (Å²) in [7, 11) is 1.46. The van der Waals surface area contributed by atoms with E-state index in [-0.39, 0.29) is 47.3 Å². The van der Waals surface area contributed by atoms with Gasteiger partial charge < -0.3 is 31.5 Å². The van der Waals surface area contributed by atoms with Gasteiger partial charge in [-0.05, 0) is 136 Å². The van der Waals surface area contributed by atoms with Crippen molar-refractivity contribution in [3.63, 3.8) is 0 Å². The third-order valence-electron chi connectivity index (χ3n) is 4.99. The molecule has 4 amide bonds. The lowest BCUT2D eigenvalue weighted by molar-refractivity contribution is -0.116. The average molecular weight is 1260 g/mol. The molecule has 0 fully saturated rings. The van der Waals surface area contributed by atoms with Gasteiger partial charge in [0.2, 0.25) is 17.7 Å². The number of hydrogen-bond donors (Lipinski definition) is 6. The summed E-state index contributed by atoms with van der Waals surface area (Å²) < 4.78 is 2.74. The van der Waals surface area contributed by atoms with Crippen molar-refractivity contribution in [2.45, 2.75) is 33.6 Å². The third kappa shape index (κ3) is 9.82. The maximum absolute atomic E-state index is 12.0. The number of hydrogen-bond acceptors (Lipinski definition) is 6. The molecular formula is C24H22I6N4O8. The van der Waals surface area contributed by atoms with E-state index in [0.29, 0.717) is 38.5 Å². The Bertz CT molecular complexity index is 1440. The molecule has 0 unspecified atom stereocenters. The maximum Gasteiger partial charge on any atom is 0.338 e. The molecule has 6 N–H and O–H groups in total. The number of benzene rings is 2. The molecule has 2 rings (SSSR count). The largest absolute Gasteiger partial charge is 0.478 e. The van der Waals surface area contributed by atoms with E-state index in [9.17, 15) is 39.0 Å². The van der Waals surface area contributed by atoms with E-state index < -0.39 is 17.8 Å². The molecule has 0 heterocycles. The smallest absolute Gasteiger partial charge is 0.338 e. The highest BCUT2D eigenvalue weighted by atomic mass is 127. The minimum absolute atomic E-state index is 0.00830. The molecule has 0 bridgehead atoms. The van der Waals surface area contributed by atoms with E-state index in [4.69, 9.17) is 0 Å². The van der Waals surface area contributed by atoms with Gasteiger partial charge in [-0.2, -0.15) is 0 Å². The molecule has 0 aliphatic carbocycles. The number of amides is 4. The monoisotopic (exact) mass is 1260 g/mol. The predicted octanol–water partition coefficient (Wildman–Crippen LogP) is 6.41. The number of carboxylic acids is 2. The average Bonchev–Trinajstić information content (AvgIpc) is 2.90. The molecule has 0 radical (unpaired) electrons. The molecule has 2 aromatic rings. The van der Waals surface area contributed by atoms with Gasteiger partial charge in [-0.3, -0.25) is 19.2 Å². The Morgan fingerprint density at radius 2 is 0.905 bits per heavy atom. The van der Waals surface area contributed by atoms with Gasteiger partial charge in [-0.25, -0.2) is 9.59 Å². The Morgan fingerprint density at radius 1 is 0.571 bits per heavy atom. The van der Waals surface area contributed by atoms with Crippen LogP contribution in [0.5, 0.6) is 0 Å². The van der Waals surface area contributed by atoms with Crippen LogP contribution in [0.3, 0.4) is 0 Å². The van der Waals surface area contributed by atoms with Gasteiger partial charge >= 0.3 is 11.9 Å². The summed E-state index contributed by atoms with van der Waals surface area (Å²) in [6.45, 7) is 4.74. The first-order valence-corrected chi connectivity index (χ1v) is 17.9. The fraction of sp³-hybridized carbons (Fsp3) is 0.250. The Labute approximate surface area is 322 Å². The lowest BCUT2D eigenvalue weighted by Gasteiger charge is -2.18. The van der Waals surface area contributed by atoms with Gasteiger partial charge in [0.1, 0.15) is 0 Å². The van der Waals surface area contributed by atoms with Crippen molar-refractivity contribution >= 4 is 188 Å². The number of carboxylic acid groups (broad SMARTS) is 2. The highest BCUT2D eigenvalue weighted by Crippen LogP contribution is 2.39. The van der Waals surface area contributed by atoms with Gasteiger partial charge in [-0.15, -0.1) is 0 Å². The van der Waals surface area contributed by atoms with Crippen LogP contribution in [0.15, 0.2) is 0 Å². The van der Waals surface area contributed by atoms with Crippen molar-refractivity contribution in [3.05, 3.63) is 38.1 Å². The van der Waals surface area contributed by atoms with E-state index in [1.807, 2.05) is 136 Å². The minimum atomic E-state index is -1.15. The number of carbonyl (C=O) groups excluding carboxylic acids is 4. The summed E-state index contributed by atoms with van der Waals surface area (Å²) in [4.78, 5) is 69.5. The van der Waals surface area contributed by atoms with Gasteiger partial charge in [-0.1, -0.05) is 13.8 Å². The standard InChI is InChI=1S/C13H13I3N2O4.C11H9I3N2O4/c1-3-5(19)17-11-8(14)7(13(21)22)9(15)12(10(11)16)18-6(20)4-2;1-3(17)16-9-7(13)4(10(18)15-2)6(12)5(8(9)14)11(19)20/h3-4H2,1-2H3,(H,17,19)(H,18,20)(H,21,22);1-2H3,(H,15,18)(H,16,17)(H,19,20). The molecule has 0 saturated heterocycles. The molecule has 0 aromatic heterocycles. The summed E-state index contributed by atoms with van der Waals surface area (Å²) in [5.41, 5.74) is 1.49. The number of nitrogens with one attached hydrogen (secondary N) is 4. The Balaban J connectivity index is 0.000000422. The number of rotatable bonds is 8. The number of aromatic carboxylic acids is 2. The lowest BCUT2D eigenvalue weighted by Crippen LogP contribution is -2.24. The fourth-order valence-electron chi connectivity index (χ4n) is 2.99. The zero-order valence-corrected chi connectivity index (χ0v) is 35.0. The second kappa shape index (κ2) is 18.0. The van der Waals surface area contributed by atoms with Gasteiger partial charge in [0.05, 0.1) is 51.6 Å². The molecule has 0 spiro atoms. The molecule has 42 heavy (non-hydrogen) atoms. The second-order valence-electron chi connectivity index (χ2n) is 7.81. The molecule has 0 saturated carbocycles. The zero-order valence-electron chi connectivity index (χ0n) is 22.0. The summed E-state index contributed by atoms with van der Waals surface area (Å²) in [6, 6.07) is 0. The Kier molecular flexibility index (Phi) is 17.0. The van der Waals surface area contributed by atoms with Crippen LogP contribution in [0.2, 0.25) is 0 Å². The van der Waals surface area contributed by atoms with Gasteiger partial charge in [0.15, 0.2) is 0 Å². The predicted molar refractivity (Wildman–Crippen MR) is 209 cm³/mol. The van der Waals surface area contributed by atoms with Crippen LogP contribution in [-0.2, 0) is 14.4 Å². The van der Waals surface area contributed by atoms with Gasteiger partial charge in [0.25, 0.3) is 5.91 Å². The summed E-state index contributed by atoms with van der Waals surface area (Å²) in [6.07, 6.45) is 0.550. The van der Waals surface area contributed by atoms with Crippen LogP contribution >= 0.6 is 136 Å².